The van der Waals surface area contributed by atoms with Crippen LogP contribution in [0.5, 0.6) is 0 Å². The monoisotopic (exact) mass is 224 g/mol. The van der Waals surface area contributed by atoms with Gasteiger partial charge in [-0.05, 0) is 17.3 Å². The van der Waals surface area contributed by atoms with Gasteiger partial charge >= 0.3 is 0 Å². The quantitative estimate of drug-likeness (QED) is 0.690. The van der Waals surface area contributed by atoms with Gasteiger partial charge < -0.3 is 13.9 Å². The fourth-order valence-corrected chi connectivity index (χ4v) is 1.20. The van der Waals surface area contributed by atoms with Gasteiger partial charge in [0.2, 0.25) is 5.82 Å². The van der Waals surface area contributed by atoms with Gasteiger partial charge in [0.05, 0.1) is 6.26 Å². The summed E-state index contributed by atoms with van der Waals surface area (Å²) in [5.74, 6) is 1.02. The minimum atomic E-state index is -0.390. The molecule has 0 atom stereocenters. The topological polar surface area (TPSA) is 75.2 Å². The van der Waals surface area contributed by atoms with E-state index in [2.05, 4.69) is 15.4 Å². The number of ether oxygens (including phenoxy) is 2. The van der Waals surface area contributed by atoms with Crippen molar-refractivity contribution in [1.82, 2.24) is 20.2 Å². The highest BCUT2D eigenvalue weighted by Crippen LogP contribution is 2.12. The molecule has 2 rings (SSSR count). The summed E-state index contributed by atoms with van der Waals surface area (Å²) in [6.07, 6.45) is 1.17. The van der Waals surface area contributed by atoms with Crippen molar-refractivity contribution in [3.8, 4) is 11.6 Å². The largest absolute Gasteiger partial charge is 0.461 e. The van der Waals surface area contributed by atoms with Crippen molar-refractivity contribution in [3.05, 3.63) is 18.4 Å². The molecule has 0 unspecified atom stereocenters. The second-order valence-electron chi connectivity index (χ2n) is 3.05. The van der Waals surface area contributed by atoms with E-state index in [1.54, 1.807) is 32.6 Å². The first kappa shape index (κ1) is 10.8. The normalized spacial score (nSPS) is 11.2. The molecule has 0 fully saturated rings. The van der Waals surface area contributed by atoms with Crippen LogP contribution in [-0.2, 0) is 16.0 Å². The van der Waals surface area contributed by atoms with Gasteiger partial charge in [0.25, 0.3) is 0 Å². The molecule has 0 aliphatic heterocycles. The van der Waals surface area contributed by atoms with Crippen LogP contribution < -0.4 is 0 Å². The van der Waals surface area contributed by atoms with E-state index >= 15 is 0 Å². The number of hydrogen-bond acceptors (Lipinski definition) is 6. The molecule has 0 bridgehead atoms. The van der Waals surface area contributed by atoms with E-state index in [-0.39, 0.29) is 0 Å². The van der Waals surface area contributed by atoms with Crippen molar-refractivity contribution in [1.29, 1.82) is 0 Å². The van der Waals surface area contributed by atoms with Crippen LogP contribution in [0.4, 0.5) is 0 Å². The van der Waals surface area contributed by atoms with E-state index in [0.717, 1.165) is 0 Å². The van der Waals surface area contributed by atoms with Crippen molar-refractivity contribution in [2.24, 2.45) is 0 Å². The van der Waals surface area contributed by atoms with Gasteiger partial charge in [0, 0.05) is 14.2 Å². The van der Waals surface area contributed by atoms with Crippen LogP contribution >= 0.6 is 0 Å². The van der Waals surface area contributed by atoms with Crippen LogP contribution in [0.15, 0.2) is 22.8 Å². The van der Waals surface area contributed by atoms with Crippen LogP contribution in [0.2, 0.25) is 0 Å². The SMILES string of the molecule is COC(Cn1nnc(-c2ccco2)n1)OC. The molecule has 0 saturated heterocycles. The molecular formula is C9H12N4O3. The Morgan fingerprint density at radius 2 is 2.25 bits per heavy atom. The van der Waals surface area contributed by atoms with Gasteiger partial charge in [-0.1, -0.05) is 0 Å². The minimum absolute atomic E-state index is 0.376. The molecule has 0 spiro atoms. The van der Waals surface area contributed by atoms with Crippen LogP contribution in [0, 0.1) is 0 Å². The van der Waals surface area contributed by atoms with Gasteiger partial charge in [0.1, 0.15) is 6.54 Å². The second-order valence-corrected chi connectivity index (χ2v) is 3.05. The third kappa shape index (κ3) is 2.26. The van der Waals surface area contributed by atoms with E-state index in [9.17, 15) is 0 Å². The summed E-state index contributed by atoms with van der Waals surface area (Å²) in [5, 5.41) is 11.8. The predicted molar refractivity (Wildman–Crippen MR) is 53.3 cm³/mol. The van der Waals surface area contributed by atoms with E-state index in [4.69, 9.17) is 13.9 Å². The molecule has 7 nitrogen and oxygen atoms in total. The van der Waals surface area contributed by atoms with Crippen LogP contribution in [-0.4, -0.2) is 40.7 Å². The molecule has 2 aromatic heterocycles. The van der Waals surface area contributed by atoms with Gasteiger partial charge in [-0.15, -0.1) is 10.2 Å². The molecule has 0 N–H and O–H groups in total. The summed E-state index contributed by atoms with van der Waals surface area (Å²) in [7, 11) is 3.11. The summed E-state index contributed by atoms with van der Waals surface area (Å²) in [5.41, 5.74) is 0. The second kappa shape index (κ2) is 4.86. The lowest BCUT2D eigenvalue weighted by atomic mass is 10.4. The highest BCUT2D eigenvalue weighted by molar-refractivity contribution is 5.43. The van der Waals surface area contributed by atoms with Crippen molar-refractivity contribution in [3.63, 3.8) is 0 Å². The fraction of sp³-hybridized carbons (Fsp3) is 0.444. The summed E-state index contributed by atoms with van der Waals surface area (Å²) in [6, 6.07) is 3.54. The summed E-state index contributed by atoms with van der Waals surface area (Å²) < 4.78 is 15.2. The van der Waals surface area contributed by atoms with Crippen molar-refractivity contribution in [2.75, 3.05) is 14.2 Å². The zero-order valence-corrected chi connectivity index (χ0v) is 9.03. The highest BCUT2D eigenvalue weighted by Gasteiger charge is 2.12. The highest BCUT2D eigenvalue weighted by atomic mass is 16.7. The smallest absolute Gasteiger partial charge is 0.240 e. The molecule has 0 saturated carbocycles. The Hall–Kier alpha value is -1.73. The first-order chi connectivity index (χ1) is 7.83. The van der Waals surface area contributed by atoms with Gasteiger partial charge in [-0.25, -0.2) is 0 Å². The summed E-state index contributed by atoms with van der Waals surface area (Å²) >= 11 is 0. The van der Waals surface area contributed by atoms with Crippen molar-refractivity contribution < 1.29 is 13.9 Å². The molecule has 2 heterocycles. The number of furan rings is 1. The molecular weight excluding hydrogens is 212 g/mol. The minimum Gasteiger partial charge on any atom is -0.461 e. The first-order valence-electron chi connectivity index (χ1n) is 4.70. The third-order valence-electron chi connectivity index (χ3n) is 2.03. The van der Waals surface area contributed by atoms with Gasteiger partial charge in [0.15, 0.2) is 12.1 Å². The Kier molecular flexibility index (Phi) is 3.28. The fourth-order valence-electron chi connectivity index (χ4n) is 1.20. The average Bonchev–Trinajstić information content (AvgIpc) is 2.96. The number of methoxy groups -OCH3 is 2. The maximum Gasteiger partial charge on any atom is 0.240 e. The lowest BCUT2D eigenvalue weighted by Gasteiger charge is -2.10. The van der Waals surface area contributed by atoms with Gasteiger partial charge in [-0.2, -0.15) is 4.80 Å². The Labute approximate surface area is 92.0 Å². The van der Waals surface area contributed by atoms with Crippen molar-refractivity contribution >= 4 is 0 Å². The third-order valence-corrected chi connectivity index (χ3v) is 2.03. The molecule has 0 amide bonds. The number of tetrazole rings is 1. The predicted octanol–water partition coefficient (Wildman–Crippen LogP) is 0.552. The molecule has 0 aliphatic carbocycles. The maximum atomic E-state index is 5.15. The Morgan fingerprint density at radius 3 is 2.88 bits per heavy atom. The first-order valence-corrected chi connectivity index (χ1v) is 4.70. The Bertz CT molecular complexity index is 422. The number of nitrogens with zero attached hydrogens (tertiary/aromatic N) is 4. The number of rotatable bonds is 5. The average molecular weight is 224 g/mol. The molecule has 16 heavy (non-hydrogen) atoms. The van der Waals surface area contributed by atoms with Crippen LogP contribution in [0.3, 0.4) is 0 Å². The summed E-state index contributed by atoms with van der Waals surface area (Å²) in [6.45, 7) is 0.376. The lowest BCUT2D eigenvalue weighted by Crippen LogP contribution is -2.22. The lowest BCUT2D eigenvalue weighted by molar-refractivity contribution is -0.114. The molecule has 86 valence electrons. The Balaban J connectivity index is 2.08. The Morgan fingerprint density at radius 1 is 1.44 bits per heavy atom. The van der Waals surface area contributed by atoms with Crippen LogP contribution in [0.25, 0.3) is 11.6 Å². The molecule has 0 aliphatic rings. The number of hydrogen-bond donors (Lipinski definition) is 0. The van der Waals surface area contributed by atoms with Gasteiger partial charge in [-0.3, -0.25) is 0 Å². The molecule has 0 radical (unpaired) electrons. The zero-order chi connectivity index (χ0) is 11.4. The summed E-state index contributed by atoms with van der Waals surface area (Å²) in [4.78, 5) is 1.40. The standard InChI is InChI=1S/C9H12N4O3/c1-14-8(15-2)6-13-11-9(10-12-13)7-4-3-5-16-7/h3-5,8H,6H2,1-2H3. The number of aromatic nitrogens is 4. The molecule has 7 heteroatoms. The van der Waals surface area contributed by atoms with Crippen LogP contribution in [0.1, 0.15) is 0 Å². The molecule has 0 aromatic carbocycles. The van der Waals surface area contributed by atoms with E-state index in [1.165, 1.54) is 4.80 Å². The van der Waals surface area contributed by atoms with E-state index in [0.29, 0.717) is 18.1 Å². The maximum absolute atomic E-state index is 5.15. The van der Waals surface area contributed by atoms with E-state index < -0.39 is 6.29 Å². The molecule has 2 aromatic rings. The zero-order valence-electron chi connectivity index (χ0n) is 9.03. The van der Waals surface area contributed by atoms with Crippen molar-refractivity contribution in [2.45, 2.75) is 12.8 Å². The van der Waals surface area contributed by atoms with E-state index in [1.807, 2.05) is 0 Å².